The van der Waals surface area contributed by atoms with E-state index in [0.29, 0.717) is 11.3 Å². The van der Waals surface area contributed by atoms with Gasteiger partial charge in [-0.25, -0.2) is 4.98 Å². The molecule has 4 rings (SSSR count). The number of pyridine rings is 1. The van der Waals surface area contributed by atoms with Crippen LogP contribution >= 0.6 is 0 Å². The largest absolute Gasteiger partial charge is 0.463 e. The van der Waals surface area contributed by atoms with Crippen molar-refractivity contribution in [2.24, 2.45) is 5.92 Å². The number of fused-ring (bicyclic) bond motifs is 3. The summed E-state index contributed by atoms with van der Waals surface area (Å²) in [5, 5.41) is 4.03. The predicted molar refractivity (Wildman–Crippen MR) is 74.4 cm³/mol. The lowest BCUT2D eigenvalue weighted by Gasteiger charge is -2.30. The van der Waals surface area contributed by atoms with Gasteiger partial charge in [0.15, 0.2) is 5.58 Å². The first-order chi connectivity index (χ1) is 9.78. The van der Waals surface area contributed by atoms with Gasteiger partial charge in [0.1, 0.15) is 5.69 Å². The van der Waals surface area contributed by atoms with Crippen molar-refractivity contribution in [3.8, 4) is 0 Å². The third kappa shape index (κ3) is 2.08. The zero-order valence-electron chi connectivity index (χ0n) is 11.2. The van der Waals surface area contributed by atoms with Crippen molar-refractivity contribution in [2.45, 2.75) is 18.9 Å². The normalized spacial score (nSPS) is 28.7. The van der Waals surface area contributed by atoms with Crippen molar-refractivity contribution in [3.05, 3.63) is 30.3 Å². The van der Waals surface area contributed by atoms with Crippen LogP contribution in [-0.4, -0.2) is 41.5 Å². The fraction of sp³-hybridized carbons (Fsp3) is 0.467. The van der Waals surface area contributed by atoms with E-state index in [2.05, 4.69) is 15.2 Å². The molecule has 5 nitrogen and oxygen atoms in total. The van der Waals surface area contributed by atoms with Crippen molar-refractivity contribution in [1.29, 1.82) is 0 Å². The molecule has 5 heteroatoms. The third-order valence-electron chi connectivity index (χ3n) is 4.37. The monoisotopic (exact) mass is 270 g/mol. The SMILES string of the molecule is O=[11C](N[C@@H]1C[C@H]2CCN(C2)C1)c1cc2ccoc2cn1. The fourth-order valence-corrected chi connectivity index (χ4v) is 3.42. The van der Waals surface area contributed by atoms with Gasteiger partial charge in [0, 0.05) is 24.5 Å². The van der Waals surface area contributed by atoms with Gasteiger partial charge in [-0.2, -0.15) is 0 Å². The maximum Gasteiger partial charge on any atom is 0.270 e. The summed E-state index contributed by atoms with van der Waals surface area (Å²) in [6, 6.07) is 3.89. The molecule has 0 aliphatic carbocycles. The van der Waals surface area contributed by atoms with Gasteiger partial charge in [0.05, 0.1) is 12.5 Å². The molecule has 2 fully saturated rings. The number of hydrogen-bond acceptors (Lipinski definition) is 4. The van der Waals surface area contributed by atoms with Crippen LogP contribution in [0.15, 0.2) is 29.0 Å². The Morgan fingerprint density at radius 2 is 2.40 bits per heavy atom. The van der Waals surface area contributed by atoms with Crippen LogP contribution in [0.25, 0.3) is 11.0 Å². The third-order valence-corrected chi connectivity index (χ3v) is 4.37. The molecule has 0 radical (unpaired) electrons. The number of furan rings is 1. The molecule has 0 aromatic carbocycles. The van der Waals surface area contributed by atoms with Crippen LogP contribution in [0.3, 0.4) is 0 Å². The van der Waals surface area contributed by atoms with Crippen LogP contribution in [-0.2, 0) is 0 Å². The van der Waals surface area contributed by atoms with Crippen molar-refractivity contribution >= 4 is 16.9 Å². The molecular weight excluding hydrogens is 253 g/mol. The number of carbonyl (C=O) groups is 1. The first-order valence-corrected chi connectivity index (χ1v) is 7.14. The van der Waals surface area contributed by atoms with E-state index < -0.39 is 0 Å². The zero-order chi connectivity index (χ0) is 13.5. The minimum Gasteiger partial charge on any atom is -0.463 e. The molecule has 2 aromatic rings. The Balaban J connectivity index is 1.49. The highest BCUT2D eigenvalue weighted by Gasteiger charge is 2.33. The maximum atomic E-state index is 12.3. The van der Waals surface area contributed by atoms with Crippen LogP contribution in [0.1, 0.15) is 23.3 Å². The molecule has 2 aliphatic heterocycles. The molecule has 0 spiro atoms. The van der Waals surface area contributed by atoms with Gasteiger partial charge in [0.25, 0.3) is 5.91 Å². The van der Waals surface area contributed by atoms with Gasteiger partial charge in [-0.15, -0.1) is 0 Å². The van der Waals surface area contributed by atoms with E-state index >= 15 is 0 Å². The molecular formula is C15H17N3O2. The van der Waals surface area contributed by atoms with Crippen LogP contribution in [0.4, 0.5) is 0 Å². The van der Waals surface area contributed by atoms with Crippen LogP contribution in [0.2, 0.25) is 0 Å². The Morgan fingerprint density at radius 1 is 1.45 bits per heavy atom. The second-order valence-electron chi connectivity index (χ2n) is 5.85. The summed E-state index contributed by atoms with van der Waals surface area (Å²) in [6.07, 6.45) is 5.58. The van der Waals surface area contributed by atoms with Gasteiger partial charge in [0.2, 0.25) is 0 Å². The number of aromatic nitrogens is 1. The molecule has 1 amide bonds. The molecule has 1 unspecified atom stereocenters. The van der Waals surface area contributed by atoms with E-state index in [9.17, 15) is 4.79 Å². The van der Waals surface area contributed by atoms with Crippen molar-refractivity contribution in [3.63, 3.8) is 0 Å². The Morgan fingerprint density at radius 3 is 3.30 bits per heavy atom. The van der Waals surface area contributed by atoms with Gasteiger partial charge in [-0.1, -0.05) is 0 Å². The lowest BCUT2D eigenvalue weighted by atomic mass is 9.89. The average molecular weight is 270 g/mol. The van der Waals surface area contributed by atoms with Crippen LogP contribution in [0, 0.1) is 5.92 Å². The minimum absolute atomic E-state index is 0.0828. The van der Waals surface area contributed by atoms with Crippen LogP contribution in [0.5, 0.6) is 0 Å². The van der Waals surface area contributed by atoms with E-state index in [0.717, 1.165) is 24.3 Å². The summed E-state index contributed by atoms with van der Waals surface area (Å²) in [4.78, 5) is 18.9. The number of piperidine rings is 1. The number of rotatable bonds is 2. The molecule has 3 atom stereocenters. The smallest absolute Gasteiger partial charge is 0.270 e. The Bertz CT molecular complexity index is 639. The number of nitrogens with one attached hydrogen (secondary N) is 1. The Kier molecular flexibility index (Phi) is 2.73. The number of carbonyl (C=O) groups excluding carboxylic acids is 1. The van der Waals surface area contributed by atoms with Gasteiger partial charge in [-0.3, -0.25) is 4.79 Å². The molecule has 2 aromatic heterocycles. The van der Waals surface area contributed by atoms with Gasteiger partial charge < -0.3 is 14.6 Å². The Labute approximate surface area is 117 Å². The summed E-state index contributed by atoms with van der Waals surface area (Å²) in [5.74, 6) is 0.666. The number of amides is 1. The van der Waals surface area contributed by atoms with E-state index in [-0.39, 0.29) is 11.9 Å². The molecule has 104 valence electrons. The highest BCUT2D eigenvalue weighted by atomic mass is 16.3. The lowest BCUT2D eigenvalue weighted by Crippen LogP contribution is -2.47. The summed E-state index contributed by atoms with van der Waals surface area (Å²) >= 11 is 0. The molecule has 2 saturated heterocycles. The molecule has 0 saturated carbocycles. The standard InChI is InChI=1S/C15H17N3O2/c19-15(13-6-11-2-4-20-14(11)7-16-13)17-12-5-10-1-3-18(8-10)9-12/h2,4,6-7,10,12H,1,3,5,8-9H2,(H,17,19)/t10-,12-/m1/s1/i15-1. The first kappa shape index (κ1) is 11.9. The average Bonchev–Trinajstić information content (AvgIpc) is 3.04. The van der Waals surface area contributed by atoms with E-state index in [1.54, 1.807) is 18.5 Å². The zero-order valence-corrected chi connectivity index (χ0v) is 11.2. The molecule has 1 N–H and O–H groups in total. The van der Waals surface area contributed by atoms with E-state index in [1.165, 1.54) is 19.5 Å². The van der Waals surface area contributed by atoms with Gasteiger partial charge in [-0.05, 0) is 37.4 Å². The molecule has 2 bridgehead atoms. The molecule has 4 heterocycles. The van der Waals surface area contributed by atoms with E-state index in [1.807, 2.05) is 6.07 Å². The topological polar surface area (TPSA) is 58.4 Å². The number of hydrogen-bond donors (Lipinski definition) is 1. The minimum atomic E-state index is -0.0828. The summed E-state index contributed by atoms with van der Waals surface area (Å²) in [7, 11) is 0. The van der Waals surface area contributed by atoms with Crippen LogP contribution < -0.4 is 5.32 Å². The number of nitrogens with zero attached hydrogens (tertiary/aromatic N) is 2. The second-order valence-corrected chi connectivity index (χ2v) is 5.85. The van der Waals surface area contributed by atoms with Crippen molar-refractivity contribution in [1.82, 2.24) is 15.2 Å². The quantitative estimate of drug-likeness (QED) is 0.901. The van der Waals surface area contributed by atoms with Crippen molar-refractivity contribution in [2.75, 3.05) is 19.6 Å². The molecule has 20 heavy (non-hydrogen) atoms. The summed E-state index contributed by atoms with van der Waals surface area (Å²) in [6.45, 7) is 3.35. The highest BCUT2D eigenvalue weighted by Crippen LogP contribution is 2.26. The van der Waals surface area contributed by atoms with Gasteiger partial charge >= 0.3 is 0 Å². The predicted octanol–water partition coefficient (Wildman–Crippen LogP) is 1.65. The first-order valence-electron chi connectivity index (χ1n) is 7.14. The van der Waals surface area contributed by atoms with Crippen molar-refractivity contribution < 1.29 is 9.21 Å². The Hall–Kier alpha value is -1.88. The maximum absolute atomic E-state index is 12.3. The molecule has 2 aliphatic rings. The van der Waals surface area contributed by atoms with E-state index in [4.69, 9.17) is 4.42 Å². The lowest BCUT2D eigenvalue weighted by molar-refractivity contribution is 0.0904. The highest BCUT2D eigenvalue weighted by molar-refractivity contribution is 5.95. The summed E-state index contributed by atoms with van der Waals surface area (Å²) in [5.41, 5.74) is 1.18. The fourth-order valence-electron chi connectivity index (χ4n) is 3.42. The summed E-state index contributed by atoms with van der Waals surface area (Å²) < 4.78 is 5.24. The second kappa shape index (κ2) is 4.59.